The molecule has 3 atom stereocenters. The van der Waals surface area contributed by atoms with Crippen molar-refractivity contribution in [3.8, 4) is 11.5 Å². The van der Waals surface area contributed by atoms with E-state index >= 15 is 0 Å². The van der Waals surface area contributed by atoms with E-state index in [4.69, 9.17) is 20.0 Å². The first kappa shape index (κ1) is 31.8. The molecule has 1 aliphatic carbocycles. The lowest BCUT2D eigenvalue weighted by Crippen LogP contribution is -2.60. The van der Waals surface area contributed by atoms with Gasteiger partial charge in [-0.25, -0.2) is 4.79 Å². The maximum atomic E-state index is 13.0. The Morgan fingerprint density at radius 1 is 1.20 bits per heavy atom. The summed E-state index contributed by atoms with van der Waals surface area (Å²) in [5.74, 6) is -3.52. The van der Waals surface area contributed by atoms with Gasteiger partial charge >= 0.3 is 18.5 Å². The van der Waals surface area contributed by atoms with Crippen molar-refractivity contribution in [3.05, 3.63) is 23.8 Å². The molecule has 1 unspecified atom stereocenters. The highest BCUT2D eigenvalue weighted by Gasteiger charge is 2.48. The molecule has 3 aliphatic rings. The standard InChI is InChI=1S/C23H29F3N4O4.C2HF3O2/c1-21(2)10-18(31)30(20(27)29-21)11-12-7-14(12)19(32)28-16-9-22(3,4)34-17-6-5-13(8-15(16)17)33-23(24,25)26;3-2(4,5)1(6)7/h5-6,8,12,14,16H,7,9-11H2,1-4H3,(H2,27,29)(H,28,32);(H,6,7)/t12-,14+,16?;/m0./s1. The summed E-state index contributed by atoms with van der Waals surface area (Å²) in [4.78, 5) is 35.7. The lowest BCUT2D eigenvalue weighted by Gasteiger charge is -2.38. The number of ether oxygens (including phenoxy) is 2. The van der Waals surface area contributed by atoms with Crippen LogP contribution in [0, 0.1) is 17.2 Å². The molecule has 1 aromatic carbocycles. The average Bonchev–Trinajstić information content (AvgIpc) is 3.54. The maximum absolute atomic E-state index is 13.0. The number of hydrogen-bond acceptors (Lipinski definition) is 6. The summed E-state index contributed by atoms with van der Waals surface area (Å²) < 4.78 is 79.7. The summed E-state index contributed by atoms with van der Waals surface area (Å²) in [6, 6.07) is 3.29. The van der Waals surface area contributed by atoms with Crippen LogP contribution in [0.2, 0.25) is 0 Å². The third-order valence-corrected chi connectivity index (χ3v) is 6.53. The second-order valence-electron chi connectivity index (χ2n) is 11.3. The second kappa shape index (κ2) is 10.9. The van der Waals surface area contributed by atoms with Crippen molar-refractivity contribution in [2.45, 2.75) is 76.7 Å². The zero-order valence-corrected chi connectivity index (χ0v) is 22.5. The molecule has 1 aromatic rings. The molecule has 2 heterocycles. The first-order valence-electron chi connectivity index (χ1n) is 12.4. The molecular weight excluding hydrogens is 566 g/mol. The Labute approximate surface area is 230 Å². The van der Waals surface area contributed by atoms with Gasteiger partial charge in [-0.15, -0.1) is 13.2 Å². The minimum absolute atomic E-state index is 0.0320. The number of hydrogen-bond donors (Lipinski definition) is 4. The number of nitrogens with zero attached hydrogens (tertiary/aromatic N) is 1. The summed E-state index contributed by atoms with van der Waals surface area (Å²) in [6.07, 6.45) is -8.71. The van der Waals surface area contributed by atoms with Crippen molar-refractivity contribution in [1.29, 1.82) is 5.41 Å². The predicted molar refractivity (Wildman–Crippen MR) is 130 cm³/mol. The highest BCUT2D eigenvalue weighted by atomic mass is 19.4. The number of guanidine groups is 1. The van der Waals surface area contributed by atoms with E-state index in [-0.39, 0.29) is 48.3 Å². The summed E-state index contributed by atoms with van der Waals surface area (Å²) in [5.41, 5.74) is -0.692. The largest absolute Gasteiger partial charge is 0.573 e. The van der Waals surface area contributed by atoms with Crippen LogP contribution in [0.5, 0.6) is 11.5 Å². The quantitative estimate of drug-likeness (QED) is 0.375. The second-order valence-corrected chi connectivity index (χ2v) is 11.3. The van der Waals surface area contributed by atoms with E-state index in [1.54, 1.807) is 0 Å². The van der Waals surface area contributed by atoms with Crippen LogP contribution in [0.4, 0.5) is 26.3 Å². The van der Waals surface area contributed by atoms with Crippen molar-refractivity contribution in [2.24, 2.45) is 11.8 Å². The lowest BCUT2D eigenvalue weighted by atomic mass is 9.89. The number of nitrogens with one attached hydrogen (secondary N) is 3. The molecule has 41 heavy (non-hydrogen) atoms. The van der Waals surface area contributed by atoms with Crippen molar-refractivity contribution >= 4 is 23.7 Å². The molecule has 10 nitrogen and oxygen atoms in total. The Kier molecular flexibility index (Phi) is 8.48. The first-order chi connectivity index (χ1) is 18.6. The first-order valence-corrected chi connectivity index (χ1v) is 12.4. The van der Waals surface area contributed by atoms with Crippen LogP contribution in [-0.4, -0.2) is 64.0 Å². The number of carbonyl (C=O) groups excluding carboxylic acids is 2. The van der Waals surface area contributed by atoms with Gasteiger partial charge in [-0.3, -0.25) is 19.9 Å². The van der Waals surface area contributed by atoms with Crippen LogP contribution in [0.3, 0.4) is 0 Å². The van der Waals surface area contributed by atoms with Crippen LogP contribution in [-0.2, 0) is 14.4 Å². The fraction of sp³-hybridized carbons (Fsp3) is 0.600. The Morgan fingerprint density at radius 2 is 1.80 bits per heavy atom. The Hall–Kier alpha value is -3.72. The third-order valence-electron chi connectivity index (χ3n) is 6.53. The van der Waals surface area contributed by atoms with E-state index in [2.05, 4.69) is 15.4 Å². The van der Waals surface area contributed by atoms with Gasteiger partial charge in [-0.05, 0) is 58.2 Å². The van der Waals surface area contributed by atoms with Crippen LogP contribution >= 0.6 is 0 Å². The maximum Gasteiger partial charge on any atom is 0.573 e. The van der Waals surface area contributed by atoms with Gasteiger partial charge in [0.15, 0.2) is 5.96 Å². The lowest BCUT2D eigenvalue weighted by molar-refractivity contribution is -0.274. The van der Waals surface area contributed by atoms with Crippen LogP contribution in [0.1, 0.15) is 58.6 Å². The van der Waals surface area contributed by atoms with Gasteiger partial charge < -0.3 is 25.2 Å². The van der Waals surface area contributed by atoms with Crippen LogP contribution in [0.15, 0.2) is 18.2 Å². The van der Waals surface area contributed by atoms with Crippen molar-refractivity contribution in [2.75, 3.05) is 6.54 Å². The molecule has 2 fully saturated rings. The molecule has 0 aromatic heterocycles. The number of benzene rings is 1. The molecule has 1 saturated heterocycles. The van der Waals surface area contributed by atoms with Crippen molar-refractivity contribution in [1.82, 2.24) is 15.5 Å². The molecule has 16 heteroatoms. The normalized spacial score (nSPS) is 24.5. The molecular formula is C25H30F6N4O6. The van der Waals surface area contributed by atoms with Crippen molar-refractivity contribution in [3.63, 3.8) is 0 Å². The molecule has 228 valence electrons. The van der Waals surface area contributed by atoms with Crippen molar-refractivity contribution < 1.29 is 55.3 Å². The average molecular weight is 597 g/mol. The van der Waals surface area contributed by atoms with Gasteiger partial charge in [0.05, 0.1) is 6.04 Å². The number of aliphatic carboxylic acids is 1. The molecule has 0 radical (unpaired) electrons. The number of amides is 2. The number of fused-ring (bicyclic) bond motifs is 1. The Bertz CT molecular complexity index is 1200. The Balaban J connectivity index is 0.000000587. The Morgan fingerprint density at radius 3 is 2.34 bits per heavy atom. The van der Waals surface area contributed by atoms with E-state index in [0.717, 1.165) is 0 Å². The van der Waals surface area contributed by atoms with Crippen LogP contribution in [0.25, 0.3) is 0 Å². The van der Waals surface area contributed by atoms with Crippen LogP contribution < -0.4 is 20.1 Å². The smallest absolute Gasteiger partial charge is 0.487 e. The number of alkyl halides is 6. The van der Waals surface area contributed by atoms with Gasteiger partial charge in [-0.1, -0.05) is 0 Å². The molecule has 2 amide bonds. The van der Waals surface area contributed by atoms with Gasteiger partial charge in [0, 0.05) is 36.4 Å². The van der Waals surface area contributed by atoms with E-state index < -0.39 is 35.7 Å². The summed E-state index contributed by atoms with van der Waals surface area (Å²) >= 11 is 0. The van der Waals surface area contributed by atoms with E-state index in [1.807, 2.05) is 27.7 Å². The van der Waals surface area contributed by atoms with Gasteiger partial charge in [0.2, 0.25) is 11.8 Å². The monoisotopic (exact) mass is 596 g/mol. The molecule has 4 N–H and O–H groups in total. The minimum Gasteiger partial charge on any atom is -0.487 e. The van der Waals surface area contributed by atoms with E-state index in [9.17, 15) is 35.9 Å². The molecule has 1 saturated carbocycles. The number of halogens is 6. The highest BCUT2D eigenvalue weighted by molar-refractivity contribution is 5.99. The third kappa shape index (κ3) is 8.63. The van der Waals surface area contributed by atoms with Gasteiger partial charge in [0.25, 0.3) is 0 Å². The number of carboxylic acid groups (broad SMARTS) is 1. The molecule has 2 aliphatic heterocycles. The van der Waals surface area contributed by atoms with E-state index in [0.29, 0.717) is 24.2 Å². The fourth-order valence-electron chi connectivity index (χ4n) is 4.67. The number of carboxylic acids is 1. The number of carbonyl (C=O) groups is 3. The zero-order valence-electron chi connectivity index (χ0n) is 22.5. The number of rotatable bonds is 5. The van der Waals surface area contributed by atoms with Gasteiger partial charge in [-0.2, -0.15) is 13.2 Å². The molecule has 0 spiro atoms. The molecule has 4 rings (SSSR count). The summed E-state index contributed by atoms with van der Waals surface area (Å²) in [6.45, 7) is 7.66. The SMILES string of the molecule is CC1(C)CC(=O)N(C[C@@H]2C[C@H]2C(=O)NC2CC(C)(C)Oc3ccc(OC(F)(F)F)cc32)C(=N)N1.O=C(O)C(F)(F)F. The predicted octanol–water partition coefficient (Wildman–Crippen LogP) is 4.11. The molecule has 0 bridgehead atoms. The fourth-order valence-corrected chi connectivity index (χ4v) is 4.67. The van der Waals surface area contributed by atoms with Gasteiger partial charge in [0.1, 0.15) is 17.1 Å². The minimum atomic E-state index is -5.08. The highest BCUT2D eigenvalue weighted by Crippen LogP contribution is 2.44. The zero-order chi connectivity index (χ0) is 31.1. The van der Waals surface area contributed by atoms with E-state index in [1.165, 1.54) is 23.1 Å². The summed E-state index contributed by atoms with van der Waals surface area (Å²) in [5, 5.41) is 21.2. The topological polar surface area (TPSA) is 141 Å². The summed E-state index contributed by atoms with van der Waals surface area (Å²) in [7, 11) is 0.